The molecule has 0 unspecified atom stereocenters. The highest BCUT2D eigenvalue weighted by Gasteiger charge is 2.09. The van der Waals surface area contributed by atoms with Crippen LogP contribution in [-0.4, -0.2) is 27.5 Å². The minimum absolute atomic E-state index is 0.0994. The number of amides is 1. The van der Waals surface area contributed by atoms with Crippen LogP contribution in [0.25, 0.3) is 0 Å². The number of rotatable bonds is 5. The quantitative estimate of drug-likeness (QED) is 0.477. The monoisotopic (exact) mass is 343 g/mol. The lowest BCUT2D eigenvalue weighted by atomic mass is 10.3. The van der Waals surface area contributed by atoms with Crippen LogP contribution in [0.2, 0.25) is 0 Å². The predicted octanol–water partition coefficient (Wildman–Crippen LogP) is 0.862. The van der Waals surface area contributed by atoms with E-state index in [2.05, 4.69) is 26.2 Å². The summed E-state index contributed by atoms with van der Waals surface area (Å²) in [6.45, 7) is 0.506. The van der Waals surface area contributed by atoms with Gasteiger partial charge in [0.2, 0.25) is 0 Å². The highest BCUT2D eigenvalue weighted by atomic mass is 79.9. The van der Waals surface area contributed by atoms with Crippen molar-refractivity contribution in [3.05, 3.63) is 40.4 Å². The summed E-state index contributed by atoms with van der Waals surface area (Å²) in [5, 5.41) is 7.35. The number of aromatic nitrogens is 3. The Morgan fingerprint density at radius 2 is 2.35 bits per heavy atom. The second-order valence-electron chi connectivity index (χ2n) is 3.76. The maximum absolute atomic E-state index is 13.5. The summed E-state index contributed by atoms with van der Waals surface area (Å²) >= 11 is 3.16. The third-order valence-electron chi connectivity index (χ3n) is 2.37. The van der Waals surface area contributed by atoms with Gasteiger partial charge in [0.1, 0.15) is 6.61 Å². The van der Waals surface area contributed by atoms with E-state index in [9.17, 15) is 9.18 Å². The Hall–Kier alpha value is -2.00. The summed E-state index contributed by atoms with van der Waals surface area (Å²) in [7, 11) is 0. The normalized spacial score (nSPS) is 10.3. The van der Waals surface area contributed by atoms with E-state index in [0.717, 1.165) is 0 Å². The van der Waals surface area contributed by atoms with Crippen LogP contribution in [0.4, 0.5) is 4.39 Å². The highest BCUT2D eigenvalue weighted by molar-refractivity contribution is 9.10. The summed E-state index contributed by atoms with van der Waals surface area (Å²) < 4.78 is 20.8. The number of ether oxygens (including phenoxy) is 1. The number of nitrogens with one attached hydrogen (secondary N) is 1. The van der Waals surface area contributed by atoms with Crippen molar-refractivity contribution in [1.82, 2.24) is 20.4 Å². The number of nitrogen functional groups attached to an aromatic ring is 1. The third kappa shape index (κ3) is 3.52. The van der Waals surface area contributed by atoms with Gasteiger partial charge in [-0.05, 0) is 18.2 Å². The molecule has 0 atom stereocenters. The van der Waals surface area contributed by atoms with Crippen molar-refractivity contribution < 1.29 is 13.9 Å². The topological polar surface area (TPSA) is 95.1 Å². The van der Waals surface area contributed by atoms with Gasteiger partial charge in [0.15, 0.2) is 17.3 Å². The molecule has 2 aromatic rings. The minimum atomic E-state index is -0.531. The molecule has 3 N–H and O–H groups in total. The molecule has 7 nitrogen and oxygen atoms in total. The fraction of sp³-hybridized carbons (Fsp3) is 0.182. The number of benzene rings is 1. The summed E-state index contributed by atoms with van der Waals surface area (Å²) in [4.78, 5) is 11.2. The molecule has 0 saturated heterocycles. The Kier molecular flexibility index (Phi) is 4.64. The molecule has 9 heteroatoms. The molecule has 1 aromatic carbocycles. The van der Waals surface area contributed by atoms with E-state index < -0.39 is 11.7 Å². The van der Waals surface area contributed by atoms with E-state index >= 15 is 0 Å². The van der Waals surface area contributed by atoms with Gasteiger partial charge < -0.3 is 4.74 Å². The highest BCUT2D eigenvalue weighted by Crippen LogP contribution is 2.21. The second kappa shape index (κ2) is 6.44. The Bertz CT molecular complexity index is 619. The molecule has 0 bridgehead atoms. The van der Waals surface area contributed by atoms with Crippen molar-refractivity contribution in [2.24, 2.45) is 5.84 Å². The fourth-order valence-electron chi connectivity index (χ4n) is 1.43. The van der Waals surface area contributed by atoms with Crippen LogP contribution in [0, 0.1) is 5.82 Å². The first kappa shape index (κ1) is 14.4. The molecule has 1 heterocycles. The first-order valence-corrected chi connectivity index (χ1v) is 6.38. The minimum Gasteiger partial charge on any atom is -0.489 e. The number of hydrogen-bond acceptors (Lipinski definition) is 5. The van der Waals surface area contributed by atoms with Crippen molar-refractivity contribution in [2.45, 2.75) is 6.54 Å². The third-order valence-corrected chi connectivity index (χ3v) is 2.87. The number of nitrogens with two attached hydrogens (primary N) is 1. The molecule has 1 aromatic heterocycles. The van der Waals surface area contributed by atoms with Crippen LogP contribution in [-0.2, 0) is 6.54 Å². The van der Waals surface area contributed by atoms with Crippen LogP contribution >= 0.6 is 15.9 Å². The zero-order valence-corrected chi connectivity index (χ0v) is 11.8. The molecule has 106 valence electrons. The first-order chi connectivity index (χ1) is 9.60. The van der Waals surface area contributed by atoms with Crippen molar-refractivity contribution >= 4 is 21.8 Å². The Morgan fingerprint density at radius 1 is 1.55 bits per heavy atom. The number of hydrogen-bond donors (Lipinski definition) is 2. The molecule has 0 fully saturated rings. The van der Waals surface area contributed by atoms with Crippen LogP contribution in [0.15, 0.2) is 28.9 Å². The van der Waals surface area contributed by atoms with Gasteiger partial charge in [-0.1, -0.05) is 21.1 Å². The summed E-state index contributed by atoms with van der Waals surface area (Å²) in [5.41, 5.74) is 2.05. The van der Waals surface area contributed by atoms with Crippen molar-refractivity contribution in [2.75, 3.05) is 6.61 Å². The fourth-order valence-corrected chi connectivity index (χ4v) is 1.76. The molecular formula is C11H11BrFN5O2. The molecule has 0 aliphatic heterocycles. The van der Waals surface area contributed by atoms with Gasteiger partial charge in [-0.15, -0.1) is 5.10 Å². The zero-order valence-electron chi connectivity index (χ0n) is 10.2. The average molecular weight is 344 g/mol. The van der Waals surface area contributed by atoms with E-state index in [-0.39, 0.29) is 18.1 Å². The second-order valence-corrected chi connectivity index (χ2v) is 4.68. The Balaban J connectivity index is 1.89. The Morgan fingerprint density at radius 3 is 3.05 bits per heavy atom. The van der Waals surface area contributed by atoms with E-state index in [4.69, 9.17) is 10.6 Å². The van der Waals surface area contributed by atoms with Gasteiger partial charge in [0.25, 0.3) is 5.91 Å². The van der Waals surface area contributed by atoms with Gasteiger partial charge in [-0.25, -0.2) is 14.9 Å². The molecule has 0 aliphatic rings. The zero-order chi connectivity index (χ0) is 14.5. The molecule has 0 aliphatic carbocycles. The van der Waals surface area contributed by atoms with Crippen LogP contribution < -0.4 is 16.0 Å². The number of halogens is 2. The lowest BCUT2D eigenvalue weighted by Crippen LogP contribution is -2.30. The summed E-state index contributed by atoms with van der Waals surface area (Å²) in [5.74, 6) is 4.13. The van der Waals surface area contributed by atoms with E-state index in [1.807, 2.05) is 5.43 Å². The van der Waals surface area contributed by atoms with Crippen molar-refractivity contribution in [3.63, 3.8) is 0 Å². The van der Waals surface area contributed by atoms with Gasteiger partial charge in [0.05, 0.1) is 12.7 Å². The number of hydrazine groups is 1. The van der Waals surface area contributed by atoms with Gasteiger partial charge in [0, 0.05) is 4.47 Å². The van der Waals surface area contributed by atoms with Gasteiger partial charge >= 0.3 is 0 Å². The molecule has 20 heavy (non-hydrogen) atoms. The van der Waals surface area contributed by atoms with Crippen LogP contribution in [0.3, 0.4) is 0 Å². The SMILES string of the molecule is NNC(=O)c1cn(CCOc2ccc(Br)cc2F)nn1. The smallest absolute Gasteiger partial charge is 0.287 e. The average Bonchev–Trinajstić information content (AvgIpc) is 2.89. The Labute approximate surface area is 122 Å². The molecule has 0 spiro atoms. The van der Waals surface area contributed by atoms with Gasteiger partial charge in [-0.3, -0.25) is 10.2 Å². The lowest BCUT2D eigenvalue weighted by Gasteiger charge is -2.07. The number of carbonyl (C=O) groups excluding carboxylic acids is 1. The molecule has 1 amide bonds. The lowest BCUT2D eigenvalue weighted by molar-refractivity contribution is 0.0948. The molecule has 2 rings (SSSR count). The van der Waals surface area contributed by atoms with E-state index in [1.54, 1.807) is 6.07 Å². The largest absolute Gasteiger partial charge is 0.489 e. The van der Waals surface area contributed by atoms with E-state index in [1.165, 1.54) is 23.0 Å². The standard InChI is InChI=1S/C11H11BrFN5O2/c12-7-1-2-10(8(13)5-7)20-4-3-18-6-9(16-17-18)11(19)15-14/h1-2,5-6H,3-4,14H2,(H,15,19). The maximum atomic E-state index is 13.5. The maximum Gasteiger partial charge on any atom is 0.287 e. The molecule has 0 radical (unpaired) electrons. The van der Waals surface area contributed by atoms with Crippen molar-refractivity contribution in [1.29, 1.82) is 0 Å². The summed E-state index contributed by atoms with van der Waals surface area (Å²) in [6.07, 6.45) is 1.42. The van der Waals surface area contributed by atoms with Crippen LogP contribution in [0.5, 0.6) is 5.75 Å². The van der Waals surface area contributed by atoms with Crippen molar-refractivity contribution in [3.8, 4) is 5.75 Å². The van der Waals surface area contributed by atoms with Gasteiger partial charge in [-0.2, -0.15) is 0 Å². The number of carbonyl (C=O) groups is 1. The number of nitrogens with zero attached hydrogens (tertiary/aromatic N) is 3. The molecule has 0 saturated carbocycles. The van der Waals surface area contributed by atoms with E-state index in [0.29, 0.717) is 11.0 Å². The first-order valence-electron chi connectivity index (χ1n) is 5.59. The summed E-state index contributed by atoms with van der Waals surface area (Å²) in [6, 6.07) is 4.51. The predicted molar refractivity (Wildman–Crippen MR) is 71.3 cm³/mol. The van der Waals surface area contributed by atoms with Crippen LogP contribution in [0.1, 0.15) is 10.5 Å². The molecular weight excluding hydrogens is 333 g/mol.